The number of pyridine rings is 1. The molecular formula is C25H21NO2. The Morgan fingerprint density at radius 3 is 2.18 bits per heavy atom. The second-order valence-electron chi connectivity index (χ2n) is 7.97. The molecule has 0 radical (unpaired) electrons. The van der Waals surface area contributed by atoms with Crippen LogP contribution in [0.3, 0.4) is 0 Å². The molecule has 0 saturated carbocycles. The standard InChI is InChI=1S/C25H21NO2/c1-25(2)15-28-19-14-13-18-20(16-9-5-3-6-10-16)23(17-11-7-4-8-12-17)26-24(27)21(18)22(19)25/h3-14H,15H2,1-2H3,(H,26,27). The molecule has 0 saturated heterocycles. The molecule has 1 N–H and O–H groups in total. The lowest BCUT2D eigenvalue weighted by Crippen LogP contribution is -2.21. The second-order valence-corrected chi connectivity index (χ2v) is 7.97. The van der Waals surface area contributed by atoms with Crippen molar-refractivity contribution in [1.29, 1.82) is 0 Å². The maximum absolute atomic E-state index is 13.3. The zero-order valence-corrected chi connectivity index (χ0v) is 16.0. The van der Waals surface area contributed by atoms with E-state index in [-0.39, 0.29) is 11.0 Å². The van der Waals surface area contributed by atoms with Crippen molar-refractivity contribution in [3.05, 3.63) is 88.7 Å². The minimum Gasteiger partial charge on any atom is -0.492 e. The van der Waals surface area contributed by atoms with E-state index in [9.17, 15) is 4.79 Å². The Kier molecular flexibility index (Phi) is 3.66. The molecule has 1 aromatic heterocycles. The molecule has 0 unspecified atom stereocenters. The molecule has 0 spiro atoms. The number of aromatic nitrogens is 1. The van der Waals surface area contributed by atoms with Crippen LogP contribution in [0.4, 0.5) is 0 Å². The van der Waals surface area contributed by atoms with E-state index in [1.807, 2.05) is 60.7 Å². The van der Waals surface area contributed by atoms with Crippen LogP contribution in [0.2, 0.25) is 0 Å². The fourth-order valence-corrected chi connectivity index (χ4v) is 4.25. The Hall–Kier alpha value is -3.33. The first-order chi connectivity index (χ1) is 13.6. The van der Waals surface area contributed by atoms with Crippen molar-refractivity contribution in [2.24, 2.45) is 0 Å². The van der Waals surface area contributed by atoms with Gasteiger partial charge in [0, 0.05) is 16.5 Å². The number of hydrogen-bond acceptors (Lipinski definition) is 2. The summed E-state index contributed by atoms with van der Waals surface area (Å²) in [6.45, 7) is 4.85. The smallest absolute Gasteiger partial charge is 0.256 e. The minimum atomic E-state index is -0.204. The number of aromatic amines is 1. The largest absolute Gasteiger partial charge is 0.492 e. The van der Waals surface area contributed by atoms with Gasteiger partial charge in [-0.05, 0) is 28.6 Å². The maximum atomic E-state index is 13.3. The van der Waals surface area contributed by atoms with Crippen LogP contribution in [-0.2, 0) is 5.41 Å². The fraction of sp³-hybridized carbons (Fsp3) is 0.160. The molecule has 1 aliphatic heterocycles. The van der Waals surface area contributed by atoms with Crippen LogP contribution < -0.4 is 10.3 Å². The highest BCUT2D eigenvalue weighted by Gasteiger charge is 2.35. The van der Waals surface area contributed by atoms with Crippen molar-refractivity contribution in [2.75, 3.05) is 6.61 Å². The Morgan fingerprint density at radius 1 is 0.857 bits per heavy atom. The predicted molar refractivity (Wildman–Crippen MR) is 114 cm³/mol. The molecule has 0 atom stereocenters. The third-order valence-corrected chi connectivity index (χ3v) is 5.54. The van der Waals surface area contributed by atoms with Gasteiger partial charge in [0.1, 0.15) is 5.75 Å². The van der Waals surface area contributed by atoms with Gasteiger partial charge < -0.3 is 9.72 Å². The number of H-pyrrole nitrogens is 1. The SMILES string of the molecule is CC1(C)COc2ccc3c(-c4ccccc4)c(-c4ccccc4)[nH]c(=O)c3c21. The topological polar surface area (TPSA) is 42.1 Å². The normalized spacial score (nSPS) is 14.6. The summed E-state index contributed by atoms with van der Waals surface area (Å²) in [5, 5.41) is 1.70. The van der Waals surface area contributed by atoms with Crippen LogP contribution in [0.15, 0.2) is 77.6 Å². The summed E-state index contributed by atoms with van der Waals surface area (Å²) < 4.78 is 5.88. The van der Waals surface area contributed by atoms with Crippen molar-refractivity contribution in [1.82, 2.24) is 4.98 Å². The molecule has 3 aromatic carbocycles. The highest BCUT2D eigenvalue weighted by molar-refractivity contribution is 6.04. The molecule has 0 amide bonds. The van der Waals surface area contributed by atoms with Crippen molar-refractivity contribution in [3.8, 4) is 28.1 Å². The molecule has 0 bridgehead atoms. The number of benzene rings is 3. The van der Waals surface area contributed by atoms with E-state index in [1.165, 1.54) is 0 Å². The lowest BCUT2D eigenvalue weighted by Gasteiger charge is -2.20. The van der Waals surface area contributed by atoms with Gasteiger partial charge in [-0.1, -0.05) is 74.5 Å². The Balaban J connectivity index is 1.96. The van der Waals surface area contributed by atoms with Gasteiger partial charge in [0.15, 0.2) is 0 Å². The molecule has 3 heteroatoms. The van der Waals surface area contributed by atoms with Gasteiger partial charge in [0.05, 0.1) is 17.7 Å². The van der Waals surface area contributed by atoms with Gasteiger partial charge in [0.2, 0.25) is 0 Å². The highest BCUT2D eigenvalue weighted by atomic mass is 16.5. The van der Waals surface area contributed by atoms with Crippen LogP contribution in [-0.4, -0.2) is 11.6 Å². The van der Waals surface area contributed by atoms with E-state index >= 15 is 0 Å². The molecule has 0 fully saturated rings. The molecular weight excluding hydrogens is 346 g/mol. The zero-order valence-electron chi connectivity index (χ0n) is 16.0. The second kappa shape index (κ2) is 6.10. The van der Waals surface area contributed by atoms with E-state index in [0.717, 1.165) is 44.5 Å². The number of nitrogens with one attached hydrogen (secondary N) is 1. The number of hydrogen-bond donors (Lipinski definition) is 1. The Morgan fingerprint density at radius 2 is 1.50 bits per heavy atom. The predicted octanol–water partition coefficient (Wildman–Crippen LogP) is 5.53. The van der Waals surface area contributed by atoms with E-state index in [0.29, 0.717) is 6.61 Å². The third-order valence-electron chi connectivity index (χ3n) is 5.54. The fourth-order valence-electron chi connectivity index (χ4n) is 4.25. The van der Waals surface area contributed by atoms with Gasteiger partial charge in [-0.15, -0.1) is 0 Å². The van der Waals surface area contributed by atoms with Crippen molar-refractivity contribution in [2.45, 2.75) is 19.3 Å². The van der Waals surface area contributed by atoms with Crippen molar-refractivity contribution in [3.63, 3.8) is 0 Å². The van der Waals surface area contributed by atoms with E-state index in [4.69, 9.17) is 4.74 Å². The summed E-state index contributed by atoms with van der Waals surface area (Å²) in [4.78, 5) is 16.5. The summed E-state index contributed by atoms with van der Waals surface area (Å²) in [5.74, 6) is 0.814. The van der Waals surface area contributed by atoms with Gasteiger partial charge in [-0.25, -0.2) is 0 Å². The summed E-state index contributed by atoms with van der Waals surface area (Å²) in [5.41, 5.74) is 4.71. The molecule has 4 aromatic rings. The van der Waals surface area contributed by atoms with Gasteiger partial charge >= 0.3 is 0 Å². The van der Waals surface area contributed by atoms with Crippen LogP contribution in [0, 0.1) is 0 Å². The summed E-state index contributed by atoms with van der Waals surface area (Å²) in [7, 11) is 0. The van der Waals surface area contributed by atoms with E-state index < -0.39 is 0 Å². The number of ether oxygens (including phenoxy) is 1. The average molecular weight is 367 g/mol. The van der Waals surface area contributed by atoms with E-state index in [2.05, 4.69) is 31.0 Å². The molecule has 138 valence electrons. The van der Waals surface area contributed by atoms with Crippen LogP contribution in [0.5, 0.6) is 5.75 Å². The van der Waals surface area contributed by atoms with Gasteiger partial charge in [-0.3, -0.25) is 4.79 Å². The molecule has 1 aliphatic rings. The minimum absolute atomic E-state index is 0.0658. The first-order valence-electron chi connectivity index (χ1n) is 9.53. The molecule has 5 rings (SSSR count). The van der Waals surface area contributed by atoms with Crippen LogP contribution in [0.25, 0.3) is 33.2 Å². The summed E-state index contributed by atoms with van der Waals surface area (Å²) >= 11 is 0. The lowest BCUT2D eigenvalue weighted by molar-refractivity contribution is 0.291. The molecule has 0 aliphatic carbocycles. The lowest BCUT2D eigenvalue weighted by atomic mass is 9.82. The first-order valence-corrected chi connectivity index (χ1v) is 9.53. The molecule has 3 nitrogen and oxygen atoms in total. The average Bonchev–Trinajstić information content (AvgIpc) is 3.04. The van der Waals surface area contributed by atoms with Crippen LogP contribution in [0.1, 0.15) is 19.4 Å². The van der Waals surface area contributed by atoms with Crippen molar-refractivity contribution < 1.29 is 4.74 Å². The third kappa shape index (κ3) is 2.47. The maximum Gasteiger partial charge on any atom is 0.256 e. The van der Waals surface area contributed by atoms with Crippen LogP contribution >= 0.6 is 0 Å². The van der Waals surface area contributed by atoms with Gasteiger partial charge in [-0.2, -0.15) is 0 Å². The highest BCUT2D eigenvalue weighted by Crippen LogP contribution is 2.45. The quantitative estimate of drug-likeness (QED) is 0.506. The Bertz CT molecular complexity index is 1240. The number of fused-ring (bicyclic) bond motifs is 3. The monoisotopic (exact) mass is 367 g/mol. The zero-order chi connectivity index (χ0) is 19.3. The van der Waals surface area contributed by atoms with E-state index in [1.54, 1.807) is 0 Å². The molecule has 2 heterocycles. The summed E-state index contributed by atoms with van der Waals surface area (Å²) in [6.07, 6.45) is 0. The van der Waals surface area contributed by atoms with Crippen molar-refractivity contribution >= 4 is 10.8 Å². The first kappa shape index (κ1) is 16.8. The van der Waals surface area contributed by atoms with Gasteiger partial charge in [0.25, 0.3) is 5.56 Å². The molecule has 28 heavy (non-hydrogen) atoms. The summed E-state index contributed by atoms with van der Waals surface area (Å²) in [6, 6.07) is 24.3. The number of rotatable bonds is 2. The Labute approximate surface area is 163 Å².